The molecule has 6 nitrogen and oxygen atoms in total. The van der Waals surface area contributed by atoms with Gasteiger partial charge in [0.1, 0.15) is 5.76 Å². The highest BCUT2D eigenvalue weighted by molar-refractivity contribution is 5.84. The van der Waals surface area contributed by atoms with E-state index in [2.05, 4.69) is 10.6 Å². The number of hydrogen-bond acceptors (Lipinski definition) is 4. The van der Waals surface area contributed by atoms with Gasteiger partial charge in [-0.2, -0.15) is 0 Å². The van der Waals surface area contributed by atoms with Gasteiger partial charge in [-0.25, -0.2) is 4.79 Å². The van der Waals surface area contributed by atoms with Crippen molar-refractivity contribution < 1.29 is 19.1 Å². The summed E-state index contributed by atoms with van der Waals surface area (Å²) in [6.07, 6.45) is 1.29. The van der Waals surface area contributed by atoms with Crippen LogP contribution in [-0.2, 0) is 11.3 Å². The van der Waals surface area contributed by atoms with Crippen molar-refractivity contribution in [2.75, 3.05) is 6.54 Å². The molecule has 1 aromatic rings. The van der Waals surface area contributed by atoms with Crippen LogP contribution in [0.2, 0.25) is 0 Å². The average Bonchev–Trinajstić information content (AvgIpc) is 2.83. The predicted octanol–water partition coefficient (Wildman–Crippen LogP) is 1.37. The Balaban J connectivity index is 2.19. The molecule has 0 aliphatic heterocycles. The molecule has 6 heteroatoms. The Morgan fingerprint density at radius 1 is 1.42 bits per heavy atom. The van der Waals surface area contributed by atoms with Gasteiger partial charge in [-0.05, 0) is 25.5 Å². The zero-order chi connectivity index (χ0) is 14.3. The van der Waals surface area contributed by atoms with E-state index in [4.69, 9.17) is 9.52 Å². The summed E-state index contributed by atoms with van der Waals surface area (Å²) in [7, 11) is 0. The normalized spacial score (nSPS) is 12.1. The van der Waals surface area contributed by atoms with Crippen LogP contribution in [0.5, 0.6) is 0 Å². The van der Waals surface area contributed by atoms with Gasteiger partial charge in [0.2, 0.25) is 11.7 Å². The van der Waals surface area contributed by atoms with Gasteiger partial charge in [0.25, 0.3) is 0 Å². The molecule has 0 spiro atoms. The Kier molecular flexibility index (Phi) is 6.08. The fourth-order valence-corrected chi connectivity index (χ4v) is 1.45. The summed E-state index contributed by atoms with van der Waals surface area (Å²) < 4.78 is 5.07. The lowest BCUT2D eigenvalue weighted by atomic mass is 10.2. The van der Waals surface area contributed by atoms with E-state index in [9.17, 15) is 9.59 Å². The monoisotopic (exact) mass is 268 g/mol. The Bertz CT molecular complexity index is 428. The standard InChI is InChI=1S/C13H20N2O4/c1-3-9(2)15-12(16)6-7-14-8-10-4-5-11(19-10)13(17)18/h4-5,9,14H,3,6-8H2,1-2H3,(H,15,16)(H,17,18). The molecule has 1 rings (SSSR count). The van der Waals surface area contributed by atoms with E-state index in [-0.39, 0.29) is 17.7 Å². The number of aromatic carboxylic acids is 1. The predicted molar refractivity (Wildman–Crippen MR) is 69.9 cm³/mol. The summed E-state index contributed by atoms with van der Waals surface area (Å²) in [5.41, 5.74) is 0. The Morgan fingerprint density at radius 2 is 2.16 bits per heavy atom. The van der Waals surface area contributed by atoms with Crippen molar-refractivity contribution in [1.29, 1.82) is 0 Å². The minimum Gasteiger partial charge on any atom is -0.475 e. The Labute approximate surface area is 112 Å². The summed E-state index contributed by atoms with van der Waals surface area (Å²) in [5.74, 6) is -0.613. The van der Waals surface area contributed by atoms with Gasteiger partial charge in [0.05, 0.1) is 6.54 Å². The van der Waals surface area contributed by atoms with Crippen molar-refractivity contribution in [3.8, 4) is 0 Å². The van der Waals surface area contributed by atoms with Crippen LogP contribution in [0, 0.1) is 0 Å². The number of hydrogen-bond donors (Lipinski definition) is 3. The van der Waals surface area contributed by atoms with Gasteiger partial charge in [0.15, 0.2) is 0 Å². The molecule has 3 N–H and O–H groups in total. The number of carboxylic acid groups (broad SMARTS) is 1. The quantitative estimate of drug-likeness (QED) is 0.619. The zero-order valence-corrected chi connectivity index (χ0v) is 11.2. The van der Waals surface area contributed by atoms with Crippen LogP contribution in [0.3, 0.4) is 0 Å². The molecule has 1 atom stereocenters. The summed E-state index contributed by atoms with van der Waals surface area (Å²) in [6.45, 7) is 4.90. The molecule has 0 bridgehead atoms. The molecular formula is C13H20N2O4. The number of carbonyl (C=O) groups excluding carboxylic acids is 1. The van der Waals surface area contributed by atoms with E-state index in [0.29, 0.717) is 25.3 Å². The fourth-order valence-electron chi connectivity index (χ4n) is 1.45. The van der Waals surface area contributed by atoms with Crippen molar-refractivity contribution in [3.05, 3.63) is 23.7 Å². The summed E-state index contributed by atoms with van der Waals surface area (Å²) in [4.78, 5) is 22.1. The lowest BCUT2D eigenvalue weighted by molar-refractivity contribution is -0.121. The largest absolute Gasteiger partial charge is 0.475 e. The van der Waals surface area contributed by atoms with Crippen LogP contribution in [0.25, 0.3) is 0 Å². The maximum atomic E-state index is 11.5. The Morgan fingerprint density at radius 3 is 2.74 bits per heavy atom. The summed E-state index contributed by atoms with van der Waals surface area (Å²) in [5, 5.41) is 14.6. The minimum atomic E-state index is -1.08. The molecule has 0 saturated carbocycles. The zero-order valence-electron chi connectivity index (χ0n) is 11.2. The molecule has 1 heterocycles. The SMILES string of the molecule is CCC(C)NC(=O)CCNCc1ccc(C(=O)O)o1. The third-order valence-electron chi connectivity index (χ3n) is 2.72. The first-order valence-corrected chi connectivity index (χ1v) is 6.35. The number of rotatable bonds is 8. The molecular weight excluding hydrogens is 248 g/mol. The van der Waals surface area contributed by atoms with Crippen molar-refractivity contribution in [3.63, 3.8) is 0 Å². The van der Waals surface area contributed by atoms with Crippen LogP contribution >= 0.6 is 0 Å². The summed E-state index contributed by atoms with van der Waals surface area (Å²) >= 11 is 0. The first-order valence-electron chi connectivity index (χ1n) is 6.35. The van der Waals surface area contributed by atoms with Gasteiger partial charge in [-0.15, -0.1) is 0 Å². The smallest absolute Gasteiger partial charge is 0.371 e. The van der Waals surface area contributed by atoms with Crippen LogP contribution in [0.15, 0.2) is 16.5 Å². The third kappa shape index (κ3) is 5.56. The molecule has 0 aliphatic rings. The van der Waals surface area contributed by atoms with E-state index >= 15 is 0 Å². The second-order valence-electron chi connectivity index (χ2n) is 4.37. The molecule has 0 fully saturated rings. The van der Waals surface area contributed by atoms with E-state index in [0.717, 1.165) is 6.42 Å². The molecule has 0 saturated heterocycles. The van der Waals surface area contributed by atoms with Gasteiger partial charge in [-0.3, -0.25) is 4.79 Å². The van der Waals surface area contributed by atoms with Crippen molar-refractivity contribution in [2.45, 2.75) is 39.3 Å². The Hall–Kier alpha value is -1.82. The van der Waals surface area contributed by atoms with Gasteiger partial charge >= 0.3 is 5.97 Å². The van der Waals surface area contributed by atoms with E-state index in [1.165, 1.54) is 6.07 Å². The summed E-state index contributed by atoms with van der Waals surface area (Å²) in [6, 6.07) is 3.21. The number of amides is 1. The first-order chi connectivity index (χ1) is 9.02. The molecule has 19 heavy (non-hydrogen) atoms. The van der Waals surface area contributed by atoms with Crippen LogP contribution in [-0.4, -0.2) is 29.6 Å². The molecule has 0 aliphatic carbocycles. The van der Waals surface area contributed by atoms with E-state index < -0.39 is 5.97 Å². The van der Waals surface area contributed by atoms with Gasteiger partial charge < -0.3 is 20.2 Å². The lowest BCUT2D eigenvalue weighted by Gasteiger charge is -2.11. The average molecular weight is 268 g/mol. The maximum absolute atomic E-state index is 11.5. The van der Waals surface area contributed by atoms with Crippen molar-refractivity contribution in [1.82, 2.24) is 10.6 Å². The molecule has 1 aromatic heterocycles. The highest BCUT2D eigenvalue weighted by atomic mass is 16.4. The fraction of sp³-hybridized carbons (Fsp3) is 0.538. The van der Waals surface area contributed by atoms with Crippen LogP contribution < -0.4 is 10.6 Å². The van der Waals surface area contributed by atoms with E-state index in [1.807, 2.05) is 13.8 Å². The van der Waals surface area contributed by atoms with E-state index in [1.54, 1.807) is 6.07 Å². The maximum Gasteiger partial charge on any atom is 0.371 e. The topological polar surface area (TPSA) is 91.6 Å². The second kappa shape index (κ2) is 7.58. The molecule has 1 unspecified atom stereocenters. The second-order valence-corrected chi connectivity index (χ2v) is 4.37. The number of furan rings is 1. The van der Waals surface area contributed by atoms with Crippen LogP contribution in [0.1, 0.15) is 43.0 Å². The number of nitrogens with one attached hydrogen (secondary N) is 2. The molecule has 0 radical (unpaired) electrons. The molecule has 106 valence electrons. The van der Waals surface area contributed by atoms with Crippen molar-refractivity contribution in [2.24, 2.45) is 0 Å². The first kappa shape index (κ1) is 15.2. The minimum absolute atomic E-state index is 0.00696. The van der Waals surface area contributed by atoms with Crippen molar-refractivity contribution >= 4 is 11.9 Å². The van der Waals surface area contributed by atoms with Crippen LogP contribution in [0.4, 0.5) is 0 Å². The number of carbonyl (C=O) groups is 2. The molecule has 1 amide bonds. The number of carboxylic acids is 1. The highest BCUT2D eigenvalue weighted by Crippen LogP contribution is 2.07. The van der Waals surface area contributed by atoms with Gasteiger partial charge in [0, 0.05) is 19.0 Å². The molecule has 0 aromatic carbocycles. The van der Waals surface area contributed by atoms with Gasteiger partial charge in [-0.1, -0.05) is 6.92 Å². The lowest BCUT2D eigenvalue weighted by Crippen LogP contribution is -2.33. The highest BCUT2D eigenvalue weighted by Gasteiger charge is 2.09. The third-order valence-corrected chi connectivity index (χ3v) is 2.72.